The number of hydrogen-bond donors (Lipinski definition) is 0. The van der Waals surface area contributed by atoms with Gasteiger partial charge >= 0.3 is 0 Å². The lowest BCUT2D eigenvalue weighted by Gasteiger charge is -2.24. The van der Waals surface area contributed by atoms with Crippen molar-refractivity contribution < 1.29 is 0 Å². The lowest BCUT2D eigenvalue weighted by Crippen LogP contribution is -2.24. The number of aromatic nitrogens is 3. The number of halogens is 1. The zero-order chi connectivity index (χ0) is 18.0. The fourth-order valence-corrected chi connectivity index (χ4v) is 4.53. The van der Waals surface area contributed by atoms with Crippen LogP contribution in [0.15, 0.2) is 40.2 Å². The summed E-state index contributed by atoms with van der Waals surface area (Å²) in [6.07, 6.45) is 1.88. The largest absolute Gasteiger partial charge is 0.314 e. The van der Waals surface area contributed by atoms with Gasteiger partial charge in [-0.1, -0.05) is 36.8 Å². The van der Waals surface area contributed by atoms with E-state index in [0.29, 0.717) is 0 Å². The van der Waals surface area contributed by atoms with E-state index in [4.69, 9.17) is 0 Å². The van der Waals surface area contributed by atoms with Crippen LogP contribution in [0, 0.1) is 6.92 Å². The summed E-state index contributed by atoms with van der Waals surface area (Å²) >= 11 is 5.34. The van der Waals surface area contributed by atoms with Crippen molar-refractivity contribution in [2.24, 2.45) is 0 Å². The van der Waals surface area contributed by atoms with Gasteiger partial charge in [-0.05, 0) is 60.8 Å². The molecule has 0 bridgehead atoms. The summed E-state index contributed by atoms with van der Waals surface area (Å²) in [6.45, 7) is 9.64. The zero-order valence-corrected chi connectivity index (χ0v) is 17.6. The van der Waals surface area contributed by atoms with Crippen LogP contribution in [0.25, 0.3) is 0 Å². The van der Waals surface area contributed by atoms with Crippen molar-refractivity contribution in [2.75, 3.05) is 0 Å². The Bertz CT molecular complexity index is 846. The SMILES string of the molecule is CCc1nnc(C(C)(C)c2ccc(Br)s2)n1CCc1ccc(C)cc1. The molecule has 0 spiro atoms. The normalized spacial score (nSPS) is 11.9. The van der Waals surface area contributed by atoms with Gasteiger partial charge < -0.3 is 4.57 Å². The molecule has 1 aromatic carbocycles. The zero-order valence-electron chi connectivity index (χ0n) is 15.2. The lowest BCUT2D eigenvalue weighted by atomic mass is 9.90. The van der Waals surface area contributed by atoms with E-state index in [-0.39, 0.29) is 5.41 Å². The summed E-state index contributed by atoms with van der Waals surface area (Å²) in [5.41, 5.74) is 2.49. The molecule has 25 heavy (non-hydrogen) atoms. The van der Waals surface area contributed by atoms with Gasteiger partial charge in [-0.3, -0.25) is 0 Å². The highest BCUT2D eigenvalue weighted by Crippen LogP contribution is 2.37. The third-order valence-electron chi connectivity index (χ3n) is 4.64. The number of aryl methyl sites for hydroxylation is 3. The molecule has 3 rings (SSSR count). The molecule has 0 amide bonds. The molecule has 0 atom stereocenters. The van der Waals surface area contributed by atoms with Gasteiger partial charge in [0.15, 0.2) is 0 Å². The summed E-state index contributed by atoms with van der Waals surface area (Å²) in [6, 6.07) is 13.1. The van der Waals surface area contributed by atoms with Gasteiger partial charge in [-0.15, -0.1) is 21.5 Å². The highest BCUT2D eigenvalue weighted by atomic mass is 79.9. The van der Waals surface area contributed by atoms with E-state index in [0.717, 1.165) is 34.8 Å². The molecule has 0 aliphatic rings. The van der Waals surface area contributed by atoms with Crippen molar-refractivity contribution >= 4 is 27.3 Å². The molecule has 2 aromatic heterocycles. The van der Waals surface area contributed by atoms with E-state index >= 15 is 0 Å². The molecule has 0 saturated heterocycles. The minimum Gasteiger partial charge on any atom is -0.314 e. The van der Waals surface area contributed by atoms with Gasteiger partial charge in [0.1, 0.15) is 11.6 Å². The Morgan fingerprint density at radius 2 is 1.80 bits per heavy atom. The summed E-state index contributed by atoms with van der Waals surface area (Å²) in [5.74, 6) is 2.11. The predicted molar refractivity (Wildman–Crippen MR) is 108 cm³/mol. The average Bonchev–Trinajstić information content (AvgIpc) is 3.21. The second kappa shape index (κ2) is 7.42. The van der Waals surface area contributed by atoms with Crippen LogP contribution in [-0.2, 0) is 24.8 Å². The van der Waals surface area contributed by atoms with Crippen molar-refractivity contribution in [3.8, 4) is 0 Å². The summed E-state index contributed by atoms with van der Waals surface area (Å²) in [5, 5.41) is 9.04. The first-order valence-electron chi connectivity index (χ1n) is 8.65. The molecule has 3 nitrogen and oxygen atoms in total. The van der Waals surface area contributed by atoms with Crippen molar-refractivity contribution in [1.82, 2.24) is 14.8 Å². The number of rotatable bonds is 6. The molecule has 5 heteroatoms. The Labute approximate surface area is 162 Å². The van der Waals surface area contributed by atoms with Gasteiger partial charge in [-0.2, -0.15) is 0 Å². The van der Waals surface area contributed by atoms with Crippen LogP contribution in [0.4, 0.5) is 0 Å². The van der Waals surface area contributed by atoms with Gasteiger partial charge in [-0.25, -0.2) is 0 Å². The quantitative estimate of drug-likeness (QED) is 0.526. The van der Waals surface area contributed by atoms with Gasteiger partial charge in [0, 0.05) is 17.8 Å². The third kappa shape index (κ3) is 3.87. The third-order valence-corrected chi connectivity index (χ3v) is 6.58. The van der Waals surface area contributed by atoms with Crippen molar-refractivity contribution in [1.29, 1.82) is 0 Å². The maximum absolute atomic E-state index is 4.58. The molecule has 132 valence electrons. The number of hydrogen-bond acceptors (Lipinski definition) is 3. The minimum absolute atomic E-state index is 0.162. The van der Waals surface area contributed by atoms with E-state index in [9.17, 15) is 0 Å². The van der Waals surface area contributed by atoms with E-state index in [1.165, 1.54) is 16.0 Å². The monoisotopic (exact) mass is 417 g/mol. The predicted octanol–water partition coefficient (Wildman–Crippen LogP) is 5.54. The summed E-state index contributed by atoms with van der Waals surface area (Å²) in [4.78, 5) is 1.30. The van der Waals surface area contributed by atoms with Gasteiger partial charge in [0.05, 0.1) is 9.20 Å². The van der Waals surface area contributed by atoms with Crippen LogP contribution in [0.3, 0.4) is 0 Å². The van der Waals surface area contributed by atoms with Crippen LogP contribution in [-0.4, -0.2) is 14.8 Å². The number of nitrogens with zero attached hydrogens (tertiary/aromatic N) is 3. The van der Waals surface area contributed by atoms with Gasteiger partial charge in [0.25, 0.3) is 0 Å². The standard InChI is InChI=1S/C20H24BrN3S/c1-5-18-22-23-19(20(3,4)16-10-11-17(21)25-16)24(18)13-12-15-8-6-14(2)7-9-15/h6-11H,5,12-13H2,1-4H3. The molecule has 0 saturated carbocycles. The van der Waals surface area contributed by atoms with Crippen molar-refractivity contribution in [3.63, 3.8) is 0 Å². The Balaban J connectivity index is 1.90. The van der Waals surface area contributed by atoms with Crippen LogP contribution >= 0.6 is 27.3 Å². The van der Waals surface area contributed by atoms with Gasteiger partial charge in [0.2, 0.25) is 0 Å². The highest BCUT2D eigenvalue weighted by Gasteiger charge is 2.31. The summed E-state index contributed by atoms with van der Waals surface area (Å²) in [7, 11) is 0. The molecule has 0 aliphatic carbocycles. The second-order valence-corrected chi connectivity index (χ2v) is 9.37. The molecule has 0 aliphatic heterocycles. The molecule has 0 fully saturated rings. The maximum Gasteiger partial charge on any atom is 0.143 e. The van der Waals surface area contributed by atoms with Crippen molar-refractivity contribution in [3.05, 3.63) is 67.8 Å². The van der Waals surface area contributed by atoms with Crippen LogP contribution in [0.2, 0.25) is 0 Å². The maximum atomic E-state index is 4.58. The van der Waals surface area contributed by atoms with E-state index in [1.807, 2.05) is 0 Å². The number of benzene rings is 1. The first kappa shape index (κ1) is 18.3. The molecule has 0 radical (unpaired) electrons. The minimum atomic E-state index is -0.162. The molecule has 3 aromatic rings. The smallest absolute Gasteiger partial charge is 0.143 e. The van der Waals surface area contributed by atoms with Crippen molar-refractivity contribution in [2.45, 2.75) is 52.5 Å². The summed E-state index contributed by atoms with van der Waals surface area (Å²) < 4.78 is 3.46. The fraction of sp³-hybridized carbons (Fsp3) is 0.400. The number of thiophene rings is 1. The molecule has 0 N–H and O–H groups in total. The molecular formula is C20H24BrN3S. The van der Waals surface area contributed by atoms with E-state index in [2.05, 4.69) is 94.8 Å². The van der Waals surface area contributed by atoms with Crippen LogP contribution < -0.4 is 0 Å². The highest BCUT2D eigenvalue weighted by molar-refractivity contribution is 9.11. The first-order valence-corrected chi connectivity index (χ1v) is 10.3. The Morgan fingerprint density at radius 1 is 1.08 bits per heavy atom. The second-order valence-electron chi connectivity index (χ2n) is 6.91. The Kier molecular flexibility index (Phi) is 5.44. The lowest BCUT2D eigenvalue weighted by molar-refractivity contribution is 0.527. The van der Waals surface area contributed by atoms with Crippen LogP contribution in [0.5, 0.6) is 0 Å². The Hall–Kier alpha value is -1.46. The first-order chi connectivity index (χ1) is 11.9. The molecular weight excluding hydrogens is 394 g/mol. The molecule has 0 unspecified atom stereocenters. The fourth-order valence-electron chi connectivity index (χ4n) is 3.05. The Morgan fingerprint density at radius 3 is 2.40 bits per heavy atom. The molecule has 2 heterocycles. The topological polar surface area (TPSA) is 30.7 Å². The average molecular weight is 418 g/mol. The van der Waals surface area contributed by atoms with E-state index < -0.39 is 0 Å². The van der Waals surface area contributed by atoms with E-state index in [1.54, 1.807) is 11.3 Å². The van der Waals surface area contributed by atoms with Crippen LogP contribution in [0.1, 0.15) is 48.4 Å².